The SMILES string of the molecule is CC(C)(C)OC(=O)N(CCc1ccccn1)Cc1ccc(C(=O)NCC2CCCO2)cc1N. The van der Waals surface area contributed by atoms with Gasteiger partial charge in [0.2, 0.25) is 0 Å². The fourth-order valence-electron chi connectivity index (χ4n) is 3.56. The van der Waals surface area contributed by atoms with Gasteiger partial charge >= 0.3 is 6.09 Å². The molecule has 178 valence electrons. The number of pyridine rings is 1. The van der Waals surface area contributed by atoms with Gasteiger partial charge in [0.25, 0.3) is 5.91 Å². The van der Waals surface area contributed by atoms with Crippen molar-refractivity contribution in [3.63, 3.8) is 0 Å². The number of amides is 2. The number of rotatable bonds is 8. The number of ether oxygens (including phenoxy) is 2. The maximum atomic E-state index is 12.8. The first kappa shape index (κ1) is 24.5. The smallest absolute Gasteiger partial charge is 0.410 e. The molecule has 0 bridgehead atoms. The third-order valence-electron chi connectivity index (χ3n) is 5.30. The van der Waals surface area contributed by atoms with Crippen LogP contribution in [0.2, 0.25) is 0 Å². The lowest BCUT2D eigenvalue weighted by molar-refractivity contribution is 0.0235. The van der Waals surface area contributed by atoms with E-state index in [-0.39, 0.29) is 18.6 Å². The highest BCUT2D eigenvalue weighted by atomic mass is 16.6. The zero-order valence-electron chi connectivity index (χ0n) is 19.7. The van der Waals surface area contributed by atoms with E-state index in [9.17, 15) is 9.59 Å². The number of nitrogen functional groups attached to an aromatic ring is 1. The van der Waals surface area contributed by atoms with Crippen LogP contribution in [0.5, 0.6) is 0 Å². The zero-order valence-corrected chi connectivity index (χ0v) is 19.7. The number of nitrogens with two attached hydrogens (primary N) is 1. The number of hydrogen-bond acceptors (Lipinski definition) is 6. The van der Waals surface area contributed by atoms with E-state index < -0.39 is 11.7 Å². The Bertz CT molecular complexity index is 937. The summed E-state index contributed by atoms with van der Waals surface area (Å²) in [5.41, 5.74) is 8.21. The standard InChI is InChI=1S/C25H34N4O4/c1-25(2,3)33-24(31)29(13-11-20-7-4-5-12-27-20)17-19-10-9-18(15-22(19)26)23(30)28-16-21-8-6-14-32-21/h4-5,7,9-10,12,15,21H,6,8,11,13-14,16-17,26H2,1-3H3,(H,28,30). The second-order valence-corrected chi connectivity index (χ2v) is 9.23. The minimum Gasteiger partial charge on any atom is -0.444 e. The van der Waals surface area contributed by atoms with Crippen molar-refractivity contribution in [3.05, 3.63) is 59.4 Å². The summed E-state index contributed by atoms with van der Waals surface area (Å²) in [6.45, 7) is 7.43. The minimum absolute atomic E-state index is 0.0760. The van der Waals surface area contributed by atoms with Gasteiger partial charge in [-0.3, -0.25) is 9.78 Å². The second kappa shape index (κ2) is 11.1. The Morgan fingerprint density at radius 3 is 2.73 bits per heavy atom. The van der Waals surface area contributed by atoms with E-state index in [1.165, 1.54) is 0 Å². The summed E-state index contributed by atoms with van der Waals surface area (Å²) in [6.07, 6.45) is 3.96. The van der Waals surface area contributed by atoms with Crippen molar-refractivity contribution in [1.82, 2.24) is 15.2 Å². The highest BCUT2D eigenvalue weighted by Gasteiger charge is 2.23. The number of nitrogens with one attached hydrogen (secondary N) is 1. The van der Waals surface area contributed by atoms with E-state index >= 15 is 0 Å². The molecule has 0 aliphatic carbocycles. The summed E-state index contributed by atoms with van der Waals surface area (Å²) < 4.78 is 11.1. The molecule has 1 aromatic carbocycles. The van der Waals surface area contributed by atoms with E-state index in [0.29, 0.717) is 30.8 Å². The first-order valence-corrected chi connectivity index (χ1v) is 11.4. The van der Waals surface area contributed by atoms with Crippen molar-refractivity contribution in [1.29, 1.82) is 0 Å². The summed E-state index contributed by atoms with van der Waals surface area (Å²) in [5, 5.41) is 2.90. The molecule has 2 aromatic rings. The molecule has 8 nitrogen and oxygen atoms in total. The topological polar surface area (TPSA) is 107 Å². The largest absolute Gasteiger partial charge is 0.444 e. The monoisotopic (exact) mass is 454 g/mol. The van der Waals surface area contributed by atoms with Gasteiger partial charge in [-0.05, 0) is 63.4 Å². The van der Waals surface area contributed by atoms with Gasteiger partial charge in [-0.25, -0.2) is 4.79 Å². The number of aromatic nitrogens is 1. The number of carbonyl (C=O) groups is 2. The van der Waals surface area contributed by atoms with Crippen molar-refractivity contribution in [2.75, 3.05) is 25.4 Å². The fraction of sp³-hybridized carbons (Fsp3) is 0.480. The average molecular weight is 455 g/mol. The molecule has 1 fully saturated rings. The Morgan fingerprint density at radius 1 is 1.27 bits per heavy atom. The van der Waals surface area contributed by atoms with Crippen molar-refractivity contribution in [3.8, 4) is 0 Å². The summed E-state index contributed by atoms with van der Waals surface area (Å²) in [6, 6.07) is 10.9. The molecule has 1 saturated heterocycles. The third-order valence-corrected chi connectivity index (χ3v) is 5.30. The quantitative estimate of drug-likeness (QED) is 0.591. The van der Waals surface area contributed by atoms with Crippen LogP contribution in [0, 0.1) is 0 Å². The van der Waals surface area contributed by atoms with Crippen molar-refractivity contribution in [2.45, 2.75) is 58.3 Å². The molecule has 1 atom stereocenters. The molecule has 1 aromatic heterocycles. The van der Waals surface area contributed by atoms with E-state index in [4.69, 9.17) is 15.2 Å². The maximum Gasteiger partial charge on any atom is 0.410 e. The van der Waals surface area contributed by atoms with Crippen LogP contribution in [0.4, 0.5) is 10.5 Å². The van der Waals surface area contributed by atoms with Crippen molar-refractivity contribution >= 4 is 17.7 Å². The van der Waals surface area contributed by atoms with Gasteiger partial charge in [0, 0.05) is 49.3 Å². The summed E-state index contributed by atoms with van der Waals surface area (Å²) in [5.74, 6) is -0.192. The van der Waals surface area contributed by atoms with Crippen LogP contribution in [0.15, 0.2) is 42.6 Å². The molecule has 3 rings (SSSR count). The lowest BCUT2D eigenvalue weighted by Gasteiger charge is -2.28. The van der Waals surface area contributed by atoms with Crippen LogP contribution in [0.3, 0.4) is 0 Å². The number of anilines is 1. The van der Waals surface area contributed by atoms with Gasteiger partial charge in [0.05, 0.1) is 12.6 Å². The highest BCUT2D eigenvalue weighted by Crippen LogP contribution is 2.19. The molecule has 33 heavy (non-hydrogen) atoms. The number of benzene rings is 1. The van der Waals surface area contributed by atoms with E-state index in [0.717, 1.165) is 30.7 Å². The van der Waals surface area contributed by atoms with Crippen LogP contribution >= 0.6 is 0 Å². The highest BCUT2D eigenvalue weighted by molar-refractivity contribution is 5.95. The van der Waals surface area contributed by atoms with Crippen LogP contribution in [0.1, 0.15) is 55.2 Å². The Hall–Kier alpha value is -3.13. The number of nitrogens with zero attached hydrogens (tertiary/aromatic N) is 2. The van der Waals surface area contributed by atoms with Crippen LogP contribution in [-0.4, -0.2) is 53.3 Å². The lowest BCUT2D eigenvalue weighted by Crippen LogP contribution is -2.38. The van der Waals surface area contributed by atoms with Crippen LogP contribution in [-0.2, 0) is 22.4 Å². The molecule has 8 heteroatoms. The van der Waals surface area contributed by atoms with Crippen molar-refractivity contribution < 1.29 is 19.1 Å². The van der Waals surface area contributed by atoms with Gasteiger partial charge in [-0.1, -0.05) is 12.1 Å². The molecule has 0 spiro atoms. The van der Waals surface area contributed by atoms with Gasteiger partial charge < -0.3 is 25.4 Å². The molecular weight excluding hydrogens is 420 g/mol. The Balaban J connectivity index is 1.66. The molecule has 0 radical (unpaired) electrons. The maximum absolute atomic E-state index is 12.8. The zero-order chi connectivity index (χ0) is 23.8. The first-order valence-electron chi connectivity index (χ1n) is 11.4. The molecule has 1 aliphatic heterocycles. The molecule has 2 heterocycles. The van der Waals surface area contributed by atoms with E-state index in [1.54, 1.807) is 29.3 Å². The molecule has 0 saturated carbocycles. The molecular formula is C25H34N4O4. The number of carbonyl (C=O) groups excluding carboxylic acids is 2. The van der Waals surface area contributed by atoms with E-state index in [2.05, 4.69) is 10.3 Å². The predicted molar refractivity (Wildman–Crippen MR) is 127 cm³/mol. The summed E-state index contributed by atoms with van der Waals surface area (Å²) in [7, 11) is 0. The molecule has 3 N–H and O–H groups in total. The third kappa shape index (κ3) is 7.75. The Labute approximate surface area is 195 Å². The lowest BCUT2D eigenvalue weighted by atomic mass is 10.1. The molecule has 1 aliphatic rings. The van der Waals surface area contributed by atoms with Crippen LogP contribution < -0.4 is 11.1 Å². The minimum atomic E-state index is -0.614. The van der Waals surface area contributed by atoms with E-state index in [1.807, 2.05) is 39.0 Å². The van der Waals surface area contributed by atoms with Gasteiger partial charge in [-0.2, -0.15) is 0 Å². The first-order chi connectivity index (χ1) is 15.7. The van der Waals surface area contributed by atoms with Crippen LogP contribution in [0.25, 0.3) is 0 Å². The summed E-state index contributed by atoms with van der Waals surface area (Å²) >= 11 is 0. The molecule has 1 unspecified atom stereocenters. The van der Waals surface area contributed by atoms with Gasteiger partial charge in [0.1, 0.15) is 5.60 Å². The fourth-order valence-corrected chi connectivity index (χ4v) is 3.56. The van der Waals surface area contributed by atoms with Gasteiger partial charge in [0.15, 0.2) is 0 Å². The predicted octanol–water partition coefficient (Wildman–Crippen LogP) is 3.55. The Kier molecular flexibility index (Phi) is 8.27. The number of hydrogen-bond donors (Lipinski definition) is 2. The normalized spacial score (nSPS) is 15.8. The second-order valence-electron chi connectivity index (χ2n) is 9.23. The Morgan fingerprint density at radius 2 is 2.09 bits per heavy atom. The summed E-state index contributed by atoms with van der Waals surface area (Å²) in [4.78, 5) is 31.3. The van der Waals surface area contributed by atoms with Crippen molar-refractivity contribution in [2.24, 2.45) is 0 Å². The van der Waals surface area contributed by atoms with Gasteiger partial charge in [-0.15, -0.1) is 0 Å². The molecule has 2 amide bonds. The average Bonchev–Trinajstić information content (AvgIpc) is 3.29.